The summed E-state index contributed by atoms with van der Waals surface area (Å²) in [7, 11) is 1.55. The lowest BCUT2D eigenvalue weighted by molar-refractivity contribution is -0.129. The van der Waals surface area contributed by atoms with E-state index in [1.165, 1.54) is 6.07 Å². The van der Waals surface area contributed by atoms with Gasteiger partial charge in [0.05, 0.1) is 19.2 Å². The predicted molar refractivity (Wildman–Crippen MR) is 113 cm³/mol. The van der Waals surface area contributed by atoms with Crippen LogP contribution in [0.25, 0.3) is 10.9 Å². The molecule has 3 aromatic rings. The maximum Gasteiger partial charge on any atom is 0.243 e. The Kier molecular flexibility index (Phi) is 8.00. The number of amides is 1. The Balaban J connectivity index is 1.65. The topological polar surface area (TPSA) is 89.9 Å². The van der Waals surface area contributed by atoms with Crippen LogP contribution in [0.5, 0.6) is 23.0 Å². The molecule has 0 aliphatic carbocycles. The van der Waals surface area contributed by atoms with E-state index in [2.05, 4.69) is 4.98 Å². The second-order valence-corrected chi connectivity index (χ2v) is 6.91. The van der Waals surface area contributed by atoms with Crippen molar-refractivity contribution in [3.63, 3.8) is 0 Å². The molecule has 7 nitrogen and oxygen atoms in total. The summed E-state index contributed by atoms with van der Waals surface area (Å²) in [4.78, 5) is 15.3. The normalized spacial score (nSPS) is 10.7. The van der Waals surface area contributed by atoms with Gasteiger partial charge in [-0.25, -0.2) is 9.87 Å². The first-order valence-electron chi connectivity index (χ1n) is 10.1. The van der Waals surface area contributed by atoms with Gasteiger partial charge in [0.1, 0.15) is 5.75 Å². The second kappa shape index (κ2) is 11.1. The van der Waals surface area contributed by atoms with E-state index in [1.54, 1.807) is 55.2 Å². The molecule has 2 N–H and O–H groups in total. The lowest BCUT2D eigenvalue weighted by Gasteiger charge is -2.14. The van der Waals surface area contributed by atoms with E-state index in [-0.39, 0.29) is 11.7 Å². The summed E-state index contributed by atoms with van der Waals surface area (Å²) in [6, 6.07) is 11.4. The van der Waals surface area contributed by atoms with Crippen LogP contribution in [-0.4, -0.2) is 29.8 Å². The van der Waals surface area contributed by atoms with Crippen molar-refractivity contribution in [1.29, 1.82) is 0 Å². The molecule has 2 aromatic carbocycles. The minimum atomic E-state index is -0.448. The van der Waals surface area contributed by atoms with Crippen molar-refractivity contribution in [1.82, 2.24) is 10.5 Å². The van der Waals surface area contributed by atoms with Crippen molar-refractivity contribution in [2.45, 2.75) is 32.1 Å². The van der Waals surface area contributed by atoms with Gasteiger partial charge < -0.3 is 14.2 Å². The monoisotopic (exact) mass is 428 g/mol. The highest BCUT2D eigenvalue weighted by atomic mass is 19.1. The molecule has 0 fully saturated rings. The van der Waals surface area contributed by atoms with Gasteiger partial charge in [-0.2, -0.15) is 0 Å². The summed E-state index contributed by atoms with van der Waals surface area (Å²) in [5.41, 5.74) is 2.26. The zero-order valence-electron chi connectivity index (χ0n) is 17.3. The fourth-order valence-electron chi connectivity index (χ4n) is 3.11. The lowest BCUT2D eigenvalue weighted by atomic mass is 10.1. The summed E-state index contributed by atoms with van der Waals surface area (Å²) in [6.07, 6.45) is 5.18. The average Bonchev–Trinajstić information content (AvgIpc) is 2.79. The molecule has 0 radical (unpaired) electrons. The first-order chi connectivity index (χ1) is 15.1. The van der Waals surface area contributed by atoms with Crippen molar-refractivity contribution in [2.24, 2.45) is 0 Å². The number of para-hydroxylation sites is 1. The number of carbonyl (C=O) groups excluding carboxylic acids is 1. The minimum Gasteiger partial charge on any atom is -0.493 e. The predicted octanol–water partition coefficient (Wildman–Crippen LogP) is 5.01. The van der Waals surface area contributed by atoms with E-state index in [9.17, 15) is 9.18 Å². The standard InChI is InChI=1S/C23H25FN2O5/c1-29-21-14-16-18(15-22(21)30-13-7-3-2-4-10-23(27)26-28)25-12-11-19(16)31-20-9-6-5-8-17(20)24/h5-6,8-9,11-12,14-15,28H,2-4,7,10,13H2,1H3,(H,26,27). The number of halogens is 1. The SMILES string of the molecule is COc1cc2c(Oc3ccccc3F)ccnc2cc1OCCCCCCC(=O)NO. The van der Waals surface area contributed by atoms with Gasteiger partial charge >= 0.3 is 0 Å². The largest absolute Gasteiger partial charge is 0.493 e. The molecule has 3 rings (SSSR count). The Labute approximate surface area is 179 Å². The van der Waals surface area contributed by atoms with Gasteiger partial charge in [-0.05, 0) is 37.1 Å². The van der Waals surface area contributed by atoms with Crippen molar-refractivity contribution in [3.8, 4) is 23.0 Å². The number of aromatic nitrogens is 1. The van der Waals surface area contributed by atoms with Gasteiger partial charge in [-0.15, -0.1) is 0 Å². The van der Waals surface area contributed by atoms with Crippen LogP contribution in [0.15, 0.2) is 48.7 Å². The fraction of sp³-hybridized carbons (Fsp3) is 0.304. The lowest BCUT2D eigenvalue weighted by Crippen LogP contribution is -2.17. The Morgan fingerprint density at radius 2 is 1.84 bits per heavy atom. The number of hydrogen-bond acceptors (Lipinski definition) is 6. The van der Waals surface area contributed by atoms with Crippen LogP contribution in [0.4, 0.5) is 4.39 Å². The number of nitrogens with zero attached hydrogens (tertiary/aromatic N) is 1. The third kappa shape index (κ3) is 6.05. The van der Waals surface area contributed by atoms with Crippen LogP contribution < -0.4 is 19.7 Å². The number of methoxy groups -OCH3 is 1. The van der Waals surface area contributed by atoms with E-state index < -0.39 is 5.82 Å². The van der Waals surface area contributed by atoms with Crippen molar-refractivity contribution >= 4 is 16.8 Å². The Morgan fingerprint density at radius 1 is 1.03 bits per heavy atom. The molecule has 1 aromatic heterocycles. The Bertz CT molecular complexity index is 1030. The van der Waals surface area contributed by atoms with Crippen LogP contribution in [0.1, 0.15) is 32.1 Å². The molecule has 0 unspecified atom stereocenters. The number of nitrogens with one attached hydrogen (secondary N) is 1. The number of pyridine rings is 1. The molecule has 31 heavy (non-hydrogen) atoms. The molecular formula is C23H25FN2O5. The second-order valence-electron chi connectivity index (χ2n) is 6.91. The third-order valence-corrected chi connectivity index (χ3v) is 4.72. The molecule has 0 aliphatic heterocycles. The third-order valence-electron chi connectivity index (χ3n) is 4.72. The molecule has 8 heteroatoms. The van der Waals surface area contributed by atoms with E-state index >= 15 is 0 Å². The van der Waals surface area contributed by atoms with Gasteiger partial charge in [-0.3, -0.25) is 15.0 Å². The maximum atomic E-state index is 14.0. The summed E-state index contributed by atoms with van der Waals surface area (Å²) in [5.74, 6) is 0.862. The number of hydroxylamine groups is 1. The molecule has 0 aliphatic rings. The van der Waals surface area contributed by atoms with Crippen molar-refractivity contribution < 1.29 is 28.6 Å². The molecule has 0 saturated heterocycles. The van der Waals surface area contributed by atoms with Gasteiger partial charge in [-0.1, -0.05) is 25.0 Å². The highest BCUT2D eigenvalue weighted by molar-refractivity contribution is 5.88. The van der Waals surface area contributed by atoms with Gasteiger partial charge in [0.2, 0.25) is 5.91 Å². The first-order valence-corrected chi connectivity index (χ1v) is 10.1. The van der Waals surface area contributed by atoms with Crippen LogP contribution >= 0.6 is 0 Å². The van der Waals surface area contributed by atoms with Crippen molar-refractivity contribution in [3.05, 3.63) is 54.5 Å². The fourth-order valence-corrected chi connectivity index (χ4v) is 3.11. The van der Waals surface area contributed by atoms with Gasteiger partial charge in [0.15, 0.2) is 23.1 Å². The summed E-state index contributed by atoms with van der Waals surface area (Å²) >= 11 is 0. The number of carbonyl (C=O) groups is 1. The molecule has 0 bridgehead atoms. The molecule has 1 amide bonds. The Morgan fingerprint density at radius 3 is 2.61 bits per heavy atom. The number of unbranched alkanes of at least 4 members (excludes halogenated alkanes) is 3. The molecular weight excluding hydrogens is 403 g/mol. The maximum absolute atomic E-state index is 14.0. The highest BCUT2D eigenvalue weighted by Crippen LogP contribution is 2.37. The quantitative estimate of drug-likeness (QED) is 0.254. The number of fused-ring (bicyclic) bond motifs is 1. The molecule has 1 heterocycles. The smallest absolute Gasteiger partial charge is 0.243 e. The number of ether oxygens (including phenoxy) is 3. The first kappa shape index (κ1) is 22.3. The number of hydrogen-bond donors (Lipinski definition) is 2. The highest BCUT2D eigenvalue weighted by Gasteiger charge is 2.13. The van der Waals surface area contributed by atoms with Gasteiger partial charge in [0, 0.05) is 24.1 Å². The van der Waals surface area contributed by atoms with Crippen LogP contribution in [-0.2, 0) is 4.79 Å². The zero-order chi connectivity index (χ0) is 22.1. The van der Waals surface area contributed by atoms with Crippen molar-refractivity contribution in [2.75, 3.05) is 13.7 Å². The number of rotatable bonds is 11. The molecule has 0 atom stereocenters. The van der Waals surface area contributed by atoms with E-state index in [4.69, 9.17) is 19.4 Å². The van der Waals surface area contributed by atoms with Crippen LogP contribution in [0.3, 0.4) is 0 Å². The summed E-state index contributed by atoms with van der Waals surface area (Å²) < 4.78 is 31.1. The van der Waals surface area contributed by atoms with Crippen LogP contribution in [0, 0.1) is 5.82 Å². The van der Waals surface area contributed by atoms with Crippen LogP contribution in [0.2, 0.25) is 0 Å². The average molecular weight is 428 g/mol. The van der Waals surface area contributed by atoms with E-state index in [0.29, 0.717) is 47.6 Å². The Hall–Kier alpha value is -3.39. The summed E-state index contributed by atoms with van der Waals surface area (Å²) in [6.45, 7) is 0.486. The molecule has 0 spiro atoms. The van der Waals surface area contributed by atoms with E-state index in [1.807, 2.05) is 0 Å². The zero-order valence-corrected chi connectivity index (χ0v) is 17.3. The number of benzene rings is 2. The minimum absolute atomic E-state index is 0.130. The van der Waals surface area contributed by atoms with E-state index in [0.717, 1.165) is 19.3 Å². The molecule has 164 valence electrons. The summed E-state index contributed by atoms with van der Waals surface area (Å²) in [5, 5.41) is 9.15. The van der Waals surface area contributed by atoms with Gasteiger partial charge in [0.25, 0.3) is 0 Å². The molecule has 0 saturated carbocycles.